The number of nitrogens with zero attached hydrogens (tertiary/aromatic N) is 3. The number of hydrogen-bond acceptors (Lipinski definition) is 3. The maximum absolute atomic E-state index is 13.1. The summed E-state index contributed by atoms with van der Waals surface area (Å²) in [4.78, 5) is 2.38. The fraction of sp³-hybridized carbons (Fsp3) is 0.438. The quantitative estimate of drug-likeness (QED) is 0.831. The SMILES string of the molecule is Cc1nn(CCN2CCOCC2)c(-c2ccc(F)cc2)c1Br. The molecule has 1 aliphatic rings. The second-order valence-electron chi connectivity index (χ2n) is 5.43. The number of hydrogen-bond donors (Lipinski definition) is 0. The zero-order valence-electron chi connectivity index (χ0n) is 12.6. The largest absolute Gasteiger partial charge is 0.379 e. The molecule has 0 saturated carbocycles. The molecule has 6 heteroatoms. The second-order valence-corrected chi connectivity index (χ2v) is 6.23. The summed E-state index contributed by atoms with van der Waals surface area (Å²) in [7, 11) is 0. The van der Waals surface area contributed by atoms with Gasteiger partial charge in [0.2, 0.25) is 0 Å². The van der Waals surface area contributed by atoms with Gasteiger partial charge < -0.3 is 4.74 Å². The summed E-state index contributed by atoms with van der Waals surface area (Å²) in [6.07, 6.45) is 0. The Kier molecular flexibility index (Phi) is 4.90. The lowest BCUT2D eigenvalue weighted by Gasteiger charge is -2.26. The molecule has 1 aromatic carbocycles. The van der Waals surface area contributed by atoms with Crippen molar-refractivity contribution in [3.05, 3.63) is 40.2 Å². The summed E-state index contributed by atoms with van der Waals surface area (Å²) in [5.41, 5.74) is 2.92. The molecule has 4 nitrogen and oxygen atoms in total. The summed E-state index contributed by atoms with van der Waals surface area (Å²) in [6, 6.07) is 6.55. The van der Waals surface area contributed by atoms with Crippen LogP contribution in [0.25, 0.3) is 11.3 Å². The first kappa shape index (κ1) is 15.6. The average molecular weight is 368 g/mol. The van der Waals surface area contributed by atoms with Crippen molar-refractivity contribution in [2.24, 2.45) is 0 Å². The molecular weight excluding hydrogens is 349 g/mol. The Morgan fingerprint density at radius 1 is 1.18 bits per heavy atom. The number of rotatable bonds is 4. The van der Waals surface area contributed by atoms with E-state index in [1.807, 2.05) is 11.6 Å². The van der Waals surface area contributed by atoms with Crippen molar-refractivity contribution in [1.29, 1.82) is 0 Å². The van der Waals surface area contributed by atoms with Gasteiger partial charge in [-0.3, -0.25) is 9.58 Å². The molecule has 0 bridgehead atoms. The van der Waals surface area contributed by atoms with Crippen molar-refractivity contribution in [3.8, 4) is 11.3 Å². The molecular formula is C16H19BrFN3O. The van der Waals surface area contributed by atoms with E-state index in [4.69, 9.17) is 4.74 Å². The number of halogens is 2. The van der Waals surface area contributed by atoms with Gasteiger partial charge in [0.1, 0.15) is 5.82 Å². The highest BCUT2D eigenvalue weighted by atomic mass is 79.9. The maximum Gasteiger partial charge on any atom is 0.123 e. The van der Waals surface area contributed by atoms with Crippen molar-refractivity contribution in [2.75, 3.05) is 32.8 Å². The average Bonchev–Trinajstić information content (AvgIpc) is 2.82. The fourth-order valence-electron chi connectivity index (χ4n) is 2.67. The lowest BCUT2D eigenvalue weighted by atomic mass is 10.1. The molecule has 0 amide bonds. The standard InChI is InChI=1S/C16H19BrFN3O/c1-12-15(17)16(13-2-4-14(18)5-3-13)21(19-12)7-6-20-8-10-22-11-9-20/h2-5H,6-11H2,1H3. The van der Waals surface area contributed by atoms with Crippen LogP contribution in [0.15, 0.2) is 28.7 Å². The monoisotopic (exact) mass is 367 g/mol. The van der Waals surface area contributed by atoms with Crippen LogP contribution in [0, 0.1) is 12.7 Å². The Morgan fingerprint density at radius 3 is 2.55 bits per heavy atom. The molecule has 2 aromatic rings. The molecule has 2 heterocycles. The Balaban J connectivity index is 1.81. The molecule has 0 aliphatic carbocycles. The number of aromatic nitrogens is 2. The molecule has 22 heavy (non-hydrogen) atoms. The minimum Gasteiger partial charge on any atom is -0.379 e. The molecule has 1 saturated heterocycles. The summed E-state index contributed by atoms with van der Waals surface area (Å²) in [6.45, 7) is 7.24. The van der Waals surface area contributed by atoms with Crippen LogP contribution >= 0.6 is 15.9 Å². The van der Waals surface area contributed by atoms with Gasteiger partial charge in [0.05, 0.1) is 35.6 Å². The van der Waals surface area contributed by atoms with E-state index in [0.29, 0.717) is 0 Å². The number of ether oxygens (including phenoxy) is 1. The van der Waals surface area contributed by atoms with Crippen LogP contribution in [-0.2, 0) is 11.3 Å². The lowest BCUT2D eigenvalue weighted by Crippen LogP contribution is -2.38. The van der Waals surface area contributed by atoms with E-state index in [0.717, 1.165) is 60.8 Å². The number of morpholine rings is 1. The molecule has 0 N–H and O–H groups in total. The summed E-state index contributed by atoms with van der Waals surface area (Å²) >= 11 is 3.61. The Morgan fingerprint density at radius 2 is 1.86 bits per heavy atom. The molecule has 1 aliphatic heterocycles. The topological polar surface area (TPSA) is 30.3 Å². The van der Waals surface area contributed by atoms with Crippen molar-refractivity contribution in [1.82, 2.24) is 14.7 Å². The summed E-state index contributed by atoms with van der Waals surface area (Å²) in [5, 5.41) is 4.61. The van der Waals surface area contributed by atoms with Gasteiger partial charge in [0.15, 0.2) is 0 Å². The van der Waals surface area contributed by atoms with Crippen molar-refractivity contribution >= 4 is 15.9 Å². The molecule has 118 valence electrons. The minimum atomic E-state index is -0.226. The van der Waals surface area contributed by atoms with Crippen molar-refractivity contribution in [2.45, 2.75) is 13.5 Å². The van der Waals surface area contributed by atoms with Gasteiger partial charge in [0, 0.05) is 25.2 Å². The smallest absolute Gasteiger partial charge is 0.123 e. The van der Waals surface area contributed by atoms with Crippen molar-refractivity contribution in [3.63, 3.8) is 0 Å². The van der Waals surface area contributed by atoms with E-state index in [-0.39, 0.29) is 5.82 Å². The van der Waals surface area contributed by atoms with E-state index >= 15 is 0 Å². The third-order valence-electron chi connectivity index (χ3n) is 3.90. The van der Waals surface area contributed by atoms with Gasteiger partial charge >= 0.3 is 0 Å². The highest BCUT2D eigenvalue weighted by Crippen LogP contribution is 2.31. The molecule has 0 spiro atoms. The van der Waals surface area contributed by atoms with E-state index in [1.54, 1.807) is 12.1 Å². The van der Waals surface area contributed by atoms with Gasteiger partial charge in [-0.25, -0.2) is 4.39 Å². The molecule has 0 atom stereocenters. The third kappa shape index (κ3) is 3.39. The Hall–Kier alpha value is -1.24. The summed E-state index contributed by atoms with van der Waals surface area (Å²) < 4.78 is 21.5. The van der Waals surface area contributed by atoms with Crippen LogP contribution < -0.4 is 0 Å². The van der Waals surface area contributed by atoms with E-state index < -0.39 is 0 Å². The number of benzene rings is 1. The highest BCUT2D eigenvalue weighted by Gasteiger charge is 2.16. The lowest BCUT2D eigenvalue weighted by molar-refractivity contribution is 0.0360. The molecule has 0 radical (unpaired) electrons. The van der Waals surface area contributed by atoms with Crippen LogP contribution in [-0.4, -0.2) is 47.5 Å². The minimum absolute atomic E-state index is 0.226. The molecule has 0 unspecified atom stereocenters. The second kappa shape index (κ2) is 6.89. The predicted octanol–water partition coefficient (Wildman–Crippen LogP) is 3.09. The van der Waals surface area contributed by atoms with Crippen LogP contribution in [0.4, 0.5) is 4.39 Å². The summed E-state index contributed by atoms with van der Waals surface area (Å²) in [5.74, 6) is -0.226. The van der Waals surface area contributed by atoms with Crippen LogP contribution in [0.2, 0.25) is 0 Å². The zero-order valence-corrected chi connectivity index (χ0v) is 14.1. The first-order chi connectivity index (χ1) is 10.6. The molecule has 3 rings (SSSR count). The van der Waals surface area contributed by atoms with Crippen LogP contribution in [0.5, 0.6) is 0 Å². The Labute approximate surface area is 138 Å². The normalized spacial score (nSPS) is 16.1. The Bertz CT molecular complexity index is 636. The van der Waals surface area contributed by atoms with E-state index in [9.17, 15) is 4.39 Å². The van der Waals surface area contributed by atoms with E-state index in [2.05, 4.69) is 25.9 Å². The fourth-order valence-corrected chi connectivity index (χ4v) is 3.18. The van der Waals surface area contributed by atoms with Gasteiger partial charge in [-0.05, 0) is 47.1 Å². The maximum atomic E-state index is 13.1. The first-order valence-electron chi connectivity index (χ1n) is 7.44. The number of aryl methyl sites for hydroxylation is 1. The highest BCUT2D eigenvalue weighted by molar-refractivity contribution is 9.10. The molecule has 1 fully saturated rings. The van der Waals surface area contributed by atoms with Gasteiger partial charge in [-0.2, -0.15) is 5.10 Å². The van der Waals surface area contributed by atoms with Crippen LogP contribution in [0.3, 0.4) is 0 Å². The van der Waals surface area contributed by atoms with Crippen molar-refractivity contribution < 1.29 is 9.13 Å². The molecule has 1 aromatic heterocycles. The van der Waals surface area contributed by atoms with Gasteiger partial charge in [-0.1, -0.05) is 0 Å². The van der Waals surface area contributed by atoms with Gasteiger partial charge in [-0.15, -0.1) is 0 Å². The third-order valence-corrected chi connectivity index (χ3v) is 4.85. The first-order valence-corrected chi connectivity index (χ1v) is 8.23. The predicted molar refractivity (Wildman–Crippen MR) is 87.3 cm³/mol. The van der Waals surface area contributed by atoms with Crippen LogP contribution in [0.1, 0.15) is 5.69 Å². The van der Waals surface area contributed by atoms with E-state index in [1.165, 1.54) is 12.1 Å². The zero-order chi connectivity index (χ0) is 15.5. The van der Waals surface area contributed by atoms with Gasteiger partial charge in [0.25, 0.3) is 0 Å².